The topological polar surface area (TPSA) is 61.8 Å². The number of ether oxygens (including phenoxy) is 3. The van der Waals surface area contributed by atoms with Gasteiger partial charge in [0.1, 0.15) is 12.4 Å². The van der Waals surface area contributed by atoms with Crippen LogP contribution in [0, 0.1) is 13.8 Å². The van der Waals surface area contributed by atoms with E-state index in [1.165, 1.54) is 7.11 Å². The van der Waals surface area contributed by atoms with Crippen molar-refractivity contribution in [2.75, 3.05) is 14.2 Å². The Labute approximate surface area is 142 Å². The fourth-order valence-electron chi connectivity index (χ4n) is 3.07. The molecule has 0 N–H and O–H groups in total. The van der Waals surface area contributed by atoms with E-state index in [4.69, 9.17) is 9.47 Å². The normalized spacial score (nSPS) is 13.5. The number of esters is 2. The second kappa shape index (κ2) is 7.51. The van der Waals surface area contributed by atoms with Gasteiger partial charge in [-0.1, -0.05) is 11.6 Å². The van der Waals surface area contributed by atoms with Crippen LogP contribution in [0.4, 0.5) is 0 Å². The lowest BCUT2D eigenvalue weighted by Crippen LogP contribution is -2.06. The van der Waals surface area contributed by atoms with Crippen LogP contribution in [0.15, 0.2) is 11.6 Å². The first-order valence-corrected chi connectivity index (χ1v) is 7.99. The molecule has 24 heavy (non-hydrogen) atoms. The third-order valence-corrected chi connectivity index (χ3v) is 4.56. The van der Waals surface area contributed by atoms with Gasteiger partial charge in [-0.2, -0.15) is 0 Å². The van der Waals surface area contributed by atoms with Crippen molar-refractivity contribution in [1.82, 2.24) is 0 Å². The summed E-state index contributed by atoms with van der Waals surface area (Å²) in [6.45, 7) is 6.18. The molecule has 1 aliphatic rings. The van der Waals surface area contributed by atoms with Crippen LogP contribution < -0.4 is 4.74 Å². The molecule has 0 aromatic heterocycles. The molecule has 1 aromatic rings. The maximum Gasteiger partial charge on any atom is 0.339 e. The SMILES string of the molecule is COC(=O)CC/C(C)=C/Cc1c(C)c2c(c(C)c1OC)COC2=O. The largest absolute Gasteiger partial charge is 0.496 e. The lowest BCUT2D eigenvalue weighted by Gasteiger charge is -2.17. The Morgan fingerprint density at radius 2 is 1.92 bits per heavy atom. The number of hydrogen-bond donors (Lipinski definition) is 0. The van der Waals surface area contributed by atoms with Gasteiger partial charge in [0, 0.05) is 17.5 Å². The molecule has 0 radical (unpaired) electrons. The third-order valence-electron chi connectivity index (χ3n) is 4.56. The number of fused-ring (bicyclic) bond motifs is 1. The molecule has 1 aromatic carbocycles. The van der Waals surface area contributed by atoms with E-state index in [-0.39, 0.29) is 11.9 Å². The summed E-state index contributed by atoms with van der Waals surface area (Å²) in [6.07, 6.45) is 3.73. The number of allylic oxidation sites excluding steroid dienone is 2. The summed E-state index contributed by atoms with van der Waals surface area (Å²) >= 11 is 0. The quantitative estimate of drug-likeness (QED) is 0.590. The average Bonchev–Trinajstić information content (AvgIpc) is 2.96. The number of benzene rings is 1. The highest BCUT2D eigenvalue weighted by atomic mass is 16.5. The standard InChI is InChI=1S/C19H24O5/c1-11(7-9-16(20)22-4)6-8-14-12(2)17-15(10-24-19(17)21)13(3)18(14)23-5/h6H,7-10H2,1-5H3/b11-6+. The number of cyclic esters (lactones) is 1. The number of carbonyl (C=O) groups is 2. The van der Waals surface area contributed by atoms with Crippen molar-refractivity contribution in [3.05, 3.63) is 39.5 Å². The Bertz CT molecular complexity index is 700. The van der Waals surface area contributed by atoms with E-state index >= 15 is 0 Å². The third kappa shape index (κ3) is 3.45. The van der Waals surface area contributed by atoms with Crippen LogP contribution >= 0.6 is 0 Å². The summed E-state index contributed by atoms with van der Waals surface area (Å²) in [6, 6.07) is 0. The van der Waals surface area contributed by atoms with E-state index in [0.717, 1.165) is 33.6 Å². The van der Waals surface area contributed by atoms with E-state index in [1.807, 2.05) is 20.8 Å². The maximum absolute atomic E-state index is 12.0. The van der Waals surface area contributed by atoms with Gasteiger partial charge < -0.3 is 14.2 Å². The molecule has 1 heterocycles. The van der Waals surface area contributed by atoms with Gasteiger partial charge in [-0.15, -0.1) is 0 Å². The van der Waals surface area contributed by atoms with E-state index in [1.54, 1.807) is 7.11 Å². The first kappa shape index (κ1) is 18.0. The monoisotopic (exact) mass is 332 g/mol. The highest BCUT2D eigenvalue weighted by molar-refractivity contribution is 5.96. The van der Waals surface area contributed by atoms with E-state index in [9.17, 15) is 9.59 Å². The number of methoxy groups -OCH3 is 2. The van der Waals surface area contributed by atoms with Crippen LogP contribution in [0.25, 0.3) is 0 Å². The van der Waals surface area contributed by atoms with E-state index in [2.05, 4.69) is 10.8 Å². The Hall–Kier alpha value is -2.30. The minimum atomic E-state index is -0.263. The molecule has 0 saturated carbocycles. The van der Waals surface area contributed by atoms with Crippen LogP contribution in [0.5, 0.6) is 5.75 Å². The minimum Gasteiger partial charge on any atom is -0.496 e. The molecule has 0 unspecified atom stereocenters. The van der Waals surface area contributed by atoms with Gasteiger partial charge in [-0.05, 0) is 44.7 Å². The molecule has 0 atom stereocenters. The zero-order valence-electron chi connectivity index (χ0n) is 14.9. The summed E-state index contributed by atoms with van der Waals surface area (Å²) in [5.74, 6) is 0.329. The second-order valence-electron chi connectivity index (χ2n) is 6.02. The summed E-state index contributed by atoms with van der Waals surface area (Å²) in [5, 5.41) is 0. The first-order chi connectivity index (χ1) is 11.4. The summed E-state index contributed by atoms with van der Waals surface area (Å²) in [4.78, 5) is 23.2. The highest BCUT2D eigenvalue weighted by Gasteiger charge is 2.29. The molecule has 130 valence electrons. The van der Waals surface area contributed by atoms with Gasteiger partial charge in [0.25, 0.3) is 0 Å². The zero-order valence-corrected chi connectivity index (χ0v) is 14.9. The van der Waals surface area contributed by atoms with Crippen molar-refractivity contribution < 1.29 is 23.8 Å². The molecule has 0 saturated heterocycles. The average molecular weight is 332 g/mol. The molecule has 2 rings (SSSR count). The van der Waals surface area contributed by atoms with Gasteiger partial charge in [0.05, 0.1) is 19.8 Å². The number of hydrogen-bond acceptors (Lipinski definition) is 5. The van der Waals surface area contributed by atoms with Gasteiger partial charge in [-0.3, -0.25) is 4.79 Å². The minimum absolute atomic E-state index is 0.215. The van der Waals surface area contributed by atoms with Crippen LogP contribution in [0.2, 0.25) is 0 Å². The van der Waals surface area contributed by atoms with Crippen molar-refractivity contribution in [3.63, 3.8) is 0 Å². The molecular formula is C19H24O5. The Kier molecular flexibility index (Phi) is 5.65. The fraction of sp³-hybridized carbons (Fsp3) is 0.474. The predicted octanol–water partition coefficient (Wildman–Crippen LogP) is 3.42. The first-order valence-electron chi connectivity index (χ1n) is 7.99. The van der Waals surface area contributed by atoms with Gasteiger partial charge in [0.15, 0.2) is 0 Å². The van der Waals surface area contributed by atoms with Gasteiger partial charge in [0.2, 0.25) is 0 Å². The number of rotatable bonds is 6. The smallest absolute Gasteiger partial charge is 0.339 e. The Morgan fingerprint density at radius 3 is 2.54 bits per heavy atom. The molecular weight excluding hydrogens is 308 g/mol. The zero-order chi connectivity index (χ0) is 17.9. The van der Waals surface area contributed by atoms with Crippen LogP contribution in [-0.4, -0.2) is 26.2 Å². The molecule has 5 heteroatoms. The predicted molar refractivity (Wildman–Crippen MR) is 90.3 cm³/mol. The maximum atomic E-state index is 12.0. The summed E-state index contributed by atoms with van der Waals surface area (Å²) < 4.78 is 15.4. The molecule has 0 aliphatic carbocycles. The fourth-order valence-corrected chi connectivity index (χ4v) is 3.07. The van der Waals surface area contributed by atoms with Crippen LogP contribution in [0.1, 0.15) is 52.4 Å². The lowest BCUT2D eigenvalue weighted by molar-refractivity contribution is -0.140. The molecule has 0 bridgehead atoms. The van der Waals surface area contributed by atoms with Gasteiger partial charge >= 0.3 is 11.9 Å². The summed E-state index contributed by atoms with van der Waals surface area (Å²) in [7, 11) is 3.03. The lowest BCUT2D eigenvalue weighted by atomic mass is 9.91. The molecule has 1 aliphatic heterocycles. The molecule has 0 spiro atoms. The van der Waals surface area contributed by atoms with Crippen molar-refractivity contribution in [3.8, 4) is 5.75 Å². The molecule has 0 fully saturated rings. The van der Waals surface area contributed by atoms with Crippen molar-refractivity contribution in [2.24, 2.45) is 0 Å². The highest BCUT2D eigenvalue weighted by Crippen LogP contribution is 2.37. The van der Waals surface area contributed by atoms with Gasteiger partial charge in [-0.25, -0.2) is 4.79 Å². The Morgan fingerprint density at radius 1 is 1.21 bits per heavy atom. The van der Waals surface area contributed by atoms with E-state index in [0.29, 0.717) is 31.4 Å². The van der Waals surface area contributed by atoms with Crippen molar-refractivity contribution in [1.29, 1.82) is 0 Å². The Balaban J connectivity index is 2.30. The second-order valence-corrected chi connectivity index (χ2v) is 6.02. The van der Waals surface area contributed by atoms with E-state index < -0.39 is 0 Å². The van der Waals surface area contributed by atoms with Crippen LogP contribution in [-0.2, 0) is 27.3 Å². The number of carbonyl (C=O) groups excluding carboxylic acids is 2. The van der Waals surface area contributed by atoms with Crippen molar-refractivity contribution in [2.45, 2.75) is 46.6 Å². The van der Waals surface area contributed by atoms with Crippen LogP contribution in [0.3, 0.4) is 0 Å². The van der Waals surface area contributed by atoms with Crippen molar-refractivity contribution >= 4 is 11.9 Å². The molecule has 0 amide bonds. The summed E-state index contributed by atoms with van der Waals surface area (Å²) in [5.41, 5.74) is 5.55. The molecule has 5 nitrogen and oxygen atoms in total.